The molecular formula is C16H30N2O3. The Bertz CT molecular complexity index is 377. The number of carbonyl (C=O) groups excluding carboxylic acids is 1. The Hall–Kier alpha value is -1.26. The molecule has 1 aliphatic rings. The second-order valence-corrected chi connectivity index (χ2v) is 7.27. The maximum Gasteiger partial charge on any atom is 0.315 e. The first-order valence-electron chi connectivity index (χ1n) is 7.89. The highest BCUT2D eigenvalue weighted by molar-refractivity contribution is 5.75. The van der Waals surface area contributed by atoms with E-state index in [1.165, 1.54) is 0 Å². The van der Waals surface area contributed by atoms with E-state index in [1.54, 1.807) is 0 Å². The van der Waals surface area contributed by atoms with Crippen molar-refractivity contribution in [2.45, 2.75) is 66.3 Å². The van der Waals surface area contributed by atoms with Crippen molar-refractivity contribution in [2.24, 2.45) is 16.7 Å². The number of hydrogen-bond acceptors (Lipinski definition) is 2. The van der Waals surface area contributed by atoms with Crippen molar-refractivity contribution in [3.05, 3.63) is 0 Å². The fourth-order valence-electron chi connectivity index (χ4n) is 3.01. The molecule has 1 unspecified atom stereocenters. The van der Waals surface area contributed by atoms with Crippen molar-refractivity contribution < 1.29 is 14.7 Å². The van der Waals surface area contributed by atoms with E-state index >= 15 is 0 Å². The molecular weight excluding hydrogens is 268 g/mol. The van der Waals surface area contributed by atoms with Gasteiger partial charge in [-0.2, -0.15) is 0 Å². The Morgan fingerprint density at radius 2 is 1.71 bits per heavy atom. The van der Waals surface area contributed by atoms with Crippen LogP contribution < -0.4 is 10.6 Å². The number of nitrogens with one attached hydrogen (secondary N) is 2. The van der Waals surface area contributed by atoms with E-state index in [0.29, 0.717) is 18.9 Å². The lowest BCUT2D eigenvalue weighted by Crippen LogP contribution is -2.39. The average molecular weight is 298 g/mol. The van der Waals surface area contributed by atoms with Gasteiger partial charge in [-0.1, -0.05) is 41.0 Å². The molecule has 0 heterocycles. The topological polar surface area (TPSA) is 78.4 Å². The van der Waals surface area contributed by atoms with Gasteiger partial charge in [0, 0.05) is 19.0 Å². The standard InChI is InChI=1S/C16H30N2O3/c1-6-11(7-8-12(19)20)9-10-17-14(21)18-13-15(2,3)16(13,4)5/h11,13H,6-10H2,1-5H3,(H,19,20)(H2,17,18,21). The number of amides is 2. The normalized spacial score (nSPS) is 20.6. The van der Waals surface area contributed by atoms with E-state index in [9.17, 15) is 9.59 Å². The largest absolute Gasteiger partial charge is 0.481 e. The minimum Gasteiger partial charge on any atom is -0.481 e. The number of carbonyl (C=O) groups is 2. The van der Waals surface area contributed by atoms with E-state index in [-0.39, 0.29) is 29.3 Å². The molecule has 122 valence electrons. The summed E-state index contributed by atoms with van der Waals surface area (Å²) in [7, 11) is 0. The second kappa shape index (κ2) is 6.67. The molecule has 0 aliphatic heterocycles. The molecule has 0 spiro atoms. The Balaban J connectivity index is 2.23. The molecule has 1 saturated carbocycles. The third-order valence-electron chi connectivity index (χ3n) is 5.48. The van der Waals surface area contributed by atoms with Gasteiger partial charge in [0.1, 0.15) is 0 Å². The van der Waals surface area contributed by atoms with Crippen LogP contribution in [0, 0.1) is 16.7 Å². The summed E-state index contributed by atoms with van der Waals surface area (Å²) >= 11 is 0. The lowest BCUT2D eigenvalue weighted by molar-refractivity contribution is -0.137. The molecule has 1 fully saturated rings. The summed E-state index contributed by atoms with van der Waals surface area (Å²) in [6.45, 7) is 11.3. The predicted octanol–water partition coefficient (Wildman–Crippen LogP) is 3.00. The summed E-state index contributed by atoms with van der Waals surface area (Å²) in [5, 5.41) is 14.6. The number of hydrogen-bond donors (Lipinski definition) is 3. The average Bonchev–Trinajstić information content (AvgIpc) is 2.75. The Morgan fingerprint density at radius 3 is 2.14 bits per heavy atom. The van der Waals surface area contributed by atoms with Crippen LogP contribution in [0.4, 0.5) is 4.79 Å². The fraction of sp³-hybridized carbons (Fsp3) is 0.875. The van der Waals surface area contributed by atoms with Gasteiger partial charge in [-0.25, -0.2) is 4.79 Å². The molecule has 1 atom stereocenters. The van der Waals surface area contributed by atoms with Crippen LogP contribution in [-0.4, -0.2) is 29.7 Å². The van der Waals surface area contributed by atoms with E-state index in [0.717, 1.165) is 12.8 Å². The van der Waals surface area contributed by atoms with Crippen LogP contribution in [0.3, 0.4) is 0 Å². The van der Waals surface area contributed by atoms with Gasteiger partial charge in [0.05, 0.1) is 0 Å². The first kappa shape index (κ1) is 17.8. The lowest BCUT2D eigenvalue weighted by Gasteiger charge is -2.14. The maximum atomic E-state index is 11.9. The van der Waals surface area contributed by atoms with Gasteiger partial charge in [-0.3, -0.25) is 4.79 Å². The number of aliphatic carboxylic acids is 1. The van der Waals surface area contributed by atoms with Crippen molar-refractivity contribution in [1.29, 1.82) is 0 Å². The fourth-order valence-corrected chi connectivity index (χ4v) is 3.01. The highest BCUT2D eigenvalue weighted by Gasteiger charge is 2.65. The van der Waals surface area contributed by atoms with Gasteiger partial charge in [-0.15, -0.1) is 0 Å². The van der Waals surface area contributed by atoms with Crippen molar-refractivity contribution >= 4 is 12.0 Å². The summed E-state index contributed by atoms with van der Waals surface area (Å²) in [5.41, 5.74) is 0.273. The van der Waals surface area contributed by atoms with Crippen LogP contribution in [0.15, 0.2) is 0 Å². The summed E-state index contributed by atoms with van der Waals surface area (Å²) < 4.78 is 0. The molecule has 0 aromatic carbocycles. The lowest BCUT2D eigenvalue weighted by atomic mass is 9.97. The SMILES string of the molecule is CCC(CCNC(=O)NC1C(C)(C)C1(C)C)CCC(=O)O. The molecule has 0 aromatic rings. The first-order chi connectivity index (χ1) is 9.62. The molecule has 0 saturated heterocycles. The van der Waals surface area contributed by atoms with Gasteiger partial charge in [-0.05, 0) is 29.6 Å². The number of carboxylic acids is 1. The highest BCUT2D eigenvalue weighted by atomic mass is 16.4. The van der Waals surface area contributed by atoms with E-state index in [2.05, 4.69) is 45.3 Å². The van der Waals surface area contributed by atoms with Crippen molar-refractivity contribution in [3.63, 3.8) is 0 Å². The summed E-state index contributed by atoms with van der Waals surface area (Å²) in [4.78, 5) is 22.5. The molecule has 5 heteroatoms. The third kappa shape index (κ3) is 4.35. The second-order valence-electron chi connectivity index (χ2n) is 7.27. The zero-order chi connectivity index (χ0) is 16.3. The minimum atomic E-state index is -0.752. The molecule has 1 rings (SSSR count). The molecule has 0 bridgehead atoms. The Labute approximate surface area is 127 Å². The number of carboxylic acid groups (broad SMARTS) is 1. The van der Waals surface area contributed by atoms with Crippen molar-refractivity contribution in [1.82, 2.24) is 10.6 Å². The highest BCUT2D eigenvalue weighted by Crippen LogP contribution is 2.62. The van der Waals surface area contributed by atoms with Crippen LogP contribution in [-0.2, 0) is 4.79 Å². The van der Waals surface area contributed by atoms with E-state index < -0.39 is 5.97 Å². The molecule has 0 radical (unpaired) electrons. The van der Waals surface area contributed by atoms with Gasteiger partial charge >= 0.3 is 12.0 Å². The van der Waals surface area contributed by atoms with Crippen LogP contribution >= 0.6 is 0 Å². The summed E-state index contributed by atoms with van der Waals surface area (Å²) in [6.07, 6.45) is 2.65. The van der Waals surface area contributed by atoms with Gasteiger partial charge in [0.2, 0.25) is 0 Å². The zero-order valence-corrected chi connectivity index (χ0v) is 14.0. The first-order valence-corrected chi connectivity index (χ1v) is 7.89. The number of urea groups is 1. The molecule has 2 amide bonds. The monoisotopic (exact) mass is 298 g/mol. The summed E-state index contributed by atoms with van der Waals surface area (Å²) in [5.74, 6) is -0.396. The molecule has 21 heavy (non-hydrogen) atoms. The van der Waals surface area contributed by atoms with Crippen molar-refractivity contribution in [2.75, 3.05) is 6.54 Å². The van der Waals surface area contributed by atoms with Crippen LogP contribution in [0.2, 0.25) is 0 Å². The van der Waals surface area contributed by atoms with Gasteiger partial charge in [0.15, 0.2) is 0 Å². The van der Waals surface area contributed by atoms with Crippen molar-refractivity contribution in [3.8, 4) is 0 Å². The molecule has 5 nitrogen and oxygen atoms in total. The summed E-state index contributed by atoms with van der Waals surface area (Å²) in [6, 6.07) is 0.0886. The maximum absolute atomic E-state index is 11.9. The predicted molar refractivity (Wildman–Crippen MR) is 83.2 cm³/mol. The smallest absolute Gasteiger partial charge is 0.315 e. The third-order valence-corrected chi connectivity index (χ3v) is 5.48. The zero-order valence-electron chi connectivity index (χ0n) is 14.0. The molecule has 1 aliphatic carbocycles. The molecule has 3 N–H and O–H groups in total. The number of rotatable bonds is 8. The van der Waals surface area contributed by atoms with Gasteiger partial charge in [0.25, 0.3) is 0 Å². The quantitative estimate of drug-likeness (QED) is 0.644. The van der Waals surface area contributed by atoms with Crippen LogP contribution in [0.25, 0.3) is 0 Å². The van der Waals surface area contributed by atoms with E-state index in [4.69, 9.17) is 5.11 Å². The van der Waals surface area contributed by atoms with Crippen LogP contribution in [0.1, 0.15) is 60.3 Å². The van der Waals surface area contributed by atoms with E-state index in [1.807, 2.05) is 0 Å². The van der Waals surface area contributed by atoms with Crippen LogP contribution in [0.5, 0.6) is 0 Å². The Kier molecular flexibility index (Phi) is 5.65. The minimum absolute atomic E-state index is 0.119. The van der Waals surface area contributed by atoms with Gasteiger partial charge < -0.3 is 15.7 Å². The Morgan fingerprint density at radius 1 is 1.14 bits per heavy atom. The molecule has 0 aromatic heterocycles.